The lowest BCUT2D eigenvalue weighted by atomic mass is 10.0. The Kier molecular flexibility index (Phi) is 7.52. The number of hydrogen-bond acceptors (Lipinski definition) is 7. The van der Waals surface area contributed by atoms with Gasteiger partial charge in [-0.25, -0.2) is 4.79 Å². The van der Waals surface area contributed by atoms with E-state index in [0.29, 0.717) is 24.5 Å². The van der Waals surface area contributed by atoms with E-state index in [-0.39, 0.29) is 18.0 Å². The van der Waals surface area contributed by atoms with Crippen LogP contribution in [0.15, 0.2) is 48.7 Å². The zero-order chi connectivity index (χ0) is 27.4. The van der Waals surface area contributed by atoms with Crippen LogP contribution in [0.4, 0.5) is 10.5 Å². The van der Waals surface area contributed by atoms with E-state index in [9.17, 15) is 25.0 Å². The monoisotopic (exact) mass is 519 g/mol. The second kappa shape index (κ2) is 10.8. The van der Waals surface area contributed by atoms with Crippen LogP contribution in [0.25, 0.3) is 10.9 Å². The van der Waals surface area contributed by atoms with E-state index in [0.717, 1.165) is 22.9 Å². The average molecular weight is 520 g/mol. The third-order valence-electron chi connectivity index (χ3n) is 6.12. The lowest BCUT2D eigenvalue weighted by molar-refractivity contribution is -0.384. The van der Waals surface area contributed by atoms with Crippen molar-refractivity contribution in [2.45, 2.75) is 57.7 Å². The number of hydrogen-bond donors (Lipinski definition) is 2. The first-order valence-electron chi connectivity index (χ1n) is 12.3. The van der Waals surface area contributed by atoms with Gasteiger partial charge in [0.25, 0.3) is 5.69 Å². The zero-order valence-corrected chi connectivity index (χ0v) is 21.4. The normalized spacial score (nSPS) is 16.1. The number of non-ortho nitro benzene ring substituents is 1. The number of nitriles is 1. The molecule has 3 aromatic rings. The van der Waals surface area contributed by atoms with Gasteiger partial charge in [-0.1, -0.05) is 0 Å². The standard InChI is InChI=1S/C27H29N5O6/c1-27(2,3)38-26(34)30-24(25(33)31-12-4-5-19(31)15-28)13-17-16-29-23-11-10-21(14-22(17)23)37-20-8-6-18(7-9-20)32(35)36/h6-11,14,16,19,24,29H,4-5,12-13H2,1-3H3,(H,30,34). The van der Waals surface area contributed by atoms with E-state index in [1.54, 1.807) is 39.1 Å². The number of aromatic amines is 1. The van der Waals surface area contributed by atoms with Gasteiger partial charge in [0.1, 0.15) is 29.2 Å². The Morgan fingerprint density at radius 1 is 1.24 bits per heavy atom. The van der Waals surface area contributed by atoms with Crippen molar-refractivity contribution in [3.8, 4) is 17.6 Å². The minimum atomic E-state index is -0.947. The molecule has 2 atom stereocenters. The van der Waals surface area contributed by atoms with Gasteiger partial charge >= 0.3 is 6.09 Å². The first kappa shape index (κ1) is 26.5. The van der Waals surface area contributed by atoms with Gasteiger partial charge in [0.05, 0.1) is 11.0 Å². The van der Waals surface area contributed by atoms with E-state index < -0.39 is 28.7 Å². The molecule has 1 aliphatic heterocycles. The Balaban J connectivity index is 1.59. The molecule has 2 aromatic carbocycles. The van der Waals surface area contributed by atoms with E-state index in [2.05, 4.69) is 16.4 Å². The summed E-state index contributed by atoms with van der Waals surface area (Å²) in [4.78, 5) is 41.2. The summed E-state index contributed by atoms with van der Waals surface area (Å²) in [5.74, 6) is 0.593. The van der Waals surface area contributed by atoms with Crippen molar-refractivity contribution in [1.82, 2.24) is 15.2 Å². The number of nitrogens with one attached hydrogen (secondary N) is 2. The molecular formula is C27H29N5O6. The number of carbonyl (C=O) groups excluding carboxylic acids is 2. The molecular weight excluding hydrogens is 490 g/mol. The second-order valence-corrected chi connectivity index (χ2v) is 10.1. The van der Waals surface area contributed by atoms with Crippen molar-refractivity contribution < 1.29 is 24.0 Å². The number of nitro groups is 1. The quantitative estimate of drug-likeness (QED) is 0.335. The number of likely N-dealkylation sites (tertiary alicyclic amines) is 1. The Morgan fingerprint density at radius 2 is 1.95 bits per heavy atom. The number of rotatable bonds is 7. The van der Waals surface area contributed by atoms with Crippen molar-refractivity contribution in [2.75, 3.05) is 6.54 Å². The van der Waals surface area contributed by atoms with Crippen LogP contribution < -0.4 is 10.1 Å². The maximum atomic E-state index is 13.5. The van der Waals surface area contributed by atoms with Gasteiger partial charge in [-0.3, -0.25) is 14.9 Å². The number of nitrogens with zero attached hydrogens (tertiary/aromatic N) is 3. The average Bonchev–Trinajstić information content (AvgIpc) is 3.49. The fourth-order valence-electron chi connectivity index (χ4n) is 4.40. The molecule has 198 valence electrons. The van der Waals surface area contributed by atoms with Crippen LogP contribution in [0.5, 0.6) is 11.5 Å². The minimum Gasteiger partial charge on any atom is -0.457 e. The predicted molar refractivity (Wildman–Crippen MR) is 139 cm³/mol. The molecule has 1 aliphatic rings. The first-order chi connectivity index (χ1) is 18.0. The summed E-state index contributed by atoms with van der Waals surface area (Å²) in [5.41, 5.74) is 0.781. The zero-order valence-electron chi connectivity index (χ0n) is 21.4. The van der Waals surface area contributed by atoms with Crippen molar-refractivity contribution >= 4 is 28.6 Å². The summed E-state index contributed by atoms with van der Waals surface area (Å²) in [7, 11) is 0. The topological polar surface area (TPSA) is 151 Å². The molecule has 0 bridgehead atoms. The third kappa shape index (κ3) is 6.21. The third-order valence-corrected chi connectivity index (χ3v) is 6.12. The highest BCUT2D eigenvalue weighted by molar-refractivity contribution is 5.89. The molecule has 2 unspecified atom stereocenters. The summed E-state index contributed by atoms with van der Waals surface area (Å²) in [6.07, 6.45) is 2.53. The van der Waals surface area contributed by atoms with Crippen molar-refractivity contribution in [3.63, 3.8) is 0 Å². The highest BCUT2D eigenvalue weighted by Crippen LogP contribution is 2.29. The number of carbonyl (C=O) groups is 2. The smallest absolute Gasteiger partial charge is 0.408 e. The highest BCUT2D eigenvalue weighted by atomic mass is 16.6. The summed E-state index contributed by atoms with van der Waals surface area (Å²) < 4.78 is 11.3. The fraction of sp³-hybridized carbons (Fsp3) is 0.370. The molecule has 4 rings (SSSR count). The molecule has 11 nitrogen and oxygen atoms in total. The molecule has 11 heteroatoms. The highest BCUT2D eigenvalue weighted by Gasteiger charge is 2.35. The fourth-order valence-corrected chi connectivity index (χ4v) is 4.40. The Morgan fingerprint density at radius 3 is 2.61 bits per heavy atom. The van der Waals surface area contributed by atoms with Gasteiger partial charge in [0.2, 0.25) is 5.91 Å². The van der Waals surface area contributed by atoms with E-state index in [4.69, 9.17) is 9.47 Å². The number of fused-ring (bicyclic) bond motifs is 1. The summed E-state index contributed by atoms with van der Waals surface area (Å²) in [6.45, 7) is 5.66. The SMILES string of the molecule is CC(C)(C)OC(=O)NC(Cc1c[nH]c2ccc(Oc3ccc([N+](=O)[O-])cc3)cc12)C(=O)N1CCCC1C#N. The number of nitro benzene ring substituents is 1. The van der Waals surface area contributed by atoms with Crippen LogP contribution in [0.2, 0.25) is 0 Å². The van der Waals surface area contributed by atoms with Gasteiger partial charge in [0, 0.05) is 42.2 Å². The maximum absolute atomic E-state index is 13.5. The van der Waals surface area contributed by atoms with Crippen molar-refractivity contribution in [3.05, 3.63) is 64.3 Å². The lowest BCUT2D eigenvalue weighted by Crippen LogP contribution is -2.51. The van der Waals surface area contributed by atoms with Crippen LogP contribution in [0.1, 0.15) is 39.2 Å². The molecule has 0 spiro atoms. The number of H-pyrrole nitrogens is 1. The molecule has 2 amide bonds. The van der Waals surface area contributed by atoms with Crippen molar-refractivity contribution in [1.29, 1.82) is 5.26 Å². The Hall–Kier alpha value is -4.59. The molecule has 0 saturated carbocycles. The molecule has 0 radical (unpaired) electrons. The van der Waals surface area contributed by atoms with Crippen LogP contribution in [0.3, 0.4) is 0 Å². The molecule has 2 heterocycles. The largest absolute Gasteiger partial charge is 0.457 e. The van der Waals surface area contributed by atoms with E-state index in [1.807, 2.05) is 6.07 Å². The first-order valence-corrected chi connectivity index (χ1v) is 12.3. The molecule has 0 aliphatic carbocycles. The summed E-state index contributed by atoms with van der Waals surface area (Å²) >= 11 is 0. The van der Waals surface area contributed by atoms with Crippen LogP contribution in [-0.4, -0.2) is 51.0 Å². The van der Waals surface area contributed by atoms with Crippen molar-refractivity contribution in [2.24, 2.45) is 0 Å². The maximum Gasteiger partial charge on any atom is 0.408 e. The van der Waals surface area contributed by atoms with Crippen LogP contribution in [0, 0.1) is 21.4 Å². The number of alkyl carbamates (subject to hydrolysis) is 1. The second-order valence-electron chi connectivity index (χ2n) is 10.1. The van der Waals surface area contributed by atoms with Gasteiger partial charge in [-0.2, -0.15) is 5.26 Å². The Labute approximate surface area is 219 Å². The Bertz CT molecular complexity index is 1390. The van der Waals surface area contributed by atoms with Crippen LogP contribution in [-0.2, 0) is 16.0 Å². The lowest BCUT2D eigenvalue weighted by Gasteiger charge is -2.27. The molecule has 2 N–H and O–H groups in total. The number of benzene rings is 2. The minimum absolute atomic E-state index is 0.0365. The van der Waals surface area contributed by atoms with Gasteiger partial charge in [0.15, 0.2) is 0 Å². The number of ether oxygens (including phenoxy) is 2. The van der Waals surface area contributed by atoms with E-state index in [1.165, 1.54) is 29.2 Å². The summed E-state index contributed by atoms with van der Waals surface area (Å²) in [6, 6.07) is 11.8. The van der Waals surface area contributed by atoms with Gasteiger partial charge in [-0.15, -0.1) is 0 Å². The molecule has 1 saturated heterocycles. The molecule has 1 fully saturated rings. The summed E-state index contributed by atoms with van der Waals surface area (Å²) in [5, 5.41) is 23.9. The van der Waals surface area contributed by atoms with Gasteiger partial charge < -0.3 is 24.7 Å². The molecule has 38 heavy (non-hydrogen) atoms. The van der Waals surface area contributed by atoms with Gasteiger partial charge in [-0.05, 0) is 69.5 Å². The number of amides is 2. The number of aromatic nitrogens is 1. The van der Waals surface area contributed by atoms with Crippen LogP contribution >= 0.6 is 0 Å². The van der Waals surface area contributed by atoms with E-state index >= 15 is 0 Å². The predicted octanol–water partition coefficient (Wildman–Crippen LogP) is 4.82. The molecule has 1 aromatic heterocycles.